The van der Waals surface area contributed by atoms with Crippen LogP contribution in [-0.4, -0.2) is 42.5 Å². The van der Waals surface area contributed by atoms with Crippen LogP contribution in [0.3, 0.4) is 0 Å². The molecule has 1 aliphatic carbocycles. The maximum Gasteiger partial charge on any atom is 0.234 e. The third-order valence-corrected chi connectivity index (χ3v) is 3.31. The van der Waals surface area contributed by atoms with Crippen LogP contribution >= 0.6 is 12.4 Å². The number of amides is 1. The fourth-order valence-electron chi connectivity index (χ4n) is 2.22. The summed E-state index contributed by atoms with van der Waals surface area (Å²) in [7, 11) is 0. The number of carbonyl (C=O) groups is 1. The molecule has 0 aromatic carbocycles. The Morgan fingerprint density at radius 1 is 1.31 bits per heavy atom. The standard InChI is InChI=1S/C11H21N3O.ClH/c12-7-10-3-1-2-6-14(10)8-11(15)13-9-4-5-9;/h9-10H,1-8,12H2,(H,13,15);1H. The molecular formula is C11H22ClN3O. The molecule has 0 spiro atoms. The van der Waals surface area contributed by atoms with Crippen molar-refractivity contribution in [1.29, 1.82) is 0 Å². The number of carbonyl (C=O) groups excluding carboxylic acids is 1. The summed E-state index contributed by atoms with van der Waals surface area (Å²) in [5.41, 5.74) is 5.71. The van der Waals surface area contributed by atoms with Gasteiger partial charge >= 0.3 is 0 Å². The summed E-state index contributed by atoms with van der Waals surface area (Å²) in [6.45, 7) is 2.25. The normalized spacial score (nSPS) is 25.9. The maximum absolute atomic E-state index is 11.6. The fraction of sp³-hybridized carbons (Fsp3) is 0.909. The van der Waals surface area contributed by atoms with Gasteiger partial charge in [0.25, 0.3) is 0 Å². The minimum atomic E-state index is 0. The predicted octanol–water partition coefficient (Wildman–Crippen LogP) is 0.500. The van der Waals surface area contributed by atoms with E-state index in [0.29, 0.717) is 25.2 Å². The molecule has 1 amide bonds. The third kappa shape index (κ3) is 3.92. The molecule has 1 saturated carbocycles. The van der Waals surface area contributed by atoms with Gasteiger partial charge in [-0.1, -0.05) is 6.42 Å². The van der Waals surface area contributed by atoms with Gasteiger partial charge in [-0.05, 0) is 32.2 Å². The second kappa shape index (κ2) is 6.42. The highest BCUT2D eigenvalue weighted by molar-refractivity contribution is 5.85. The van der Waals surface area contributed by atoms with Crippen LogP contribution in [0.5, 0.6) is 0 Å². The molecule has 2 rings (SSSR count). The summed E-state index contributed by atoms with van der Waals surface area (Å²) in [4.78, 5) is 13.9. The minimum Gasteiger partial charge on any atom is -0.352 e. The Morgan fingerprint density at radius 3 is 2.69 bits per heavy atom. The van der Waals surface area contributed by atoms with Crippen LogP contribution in [0.2, 0.25) is 0 Å². The first-order valence-corrected chi connectivity index (χ1v) is 6.03. The lowest BCUT2D eigenvalue weighted by Crippen LogP contribution is -2.48. The molecule has 1 heterocycles. The van der Waals surface area contributed by atoms with E-state index in [0.717, 1.165) is 25.8 Å². The number of likely N-dealkylation sites (tertiary alicyclic amines) is 1. The van der Waals surface area contributed by atoms with Gasteiger partial charge in [-0.3, -0.25) is 9.69 Å². The van der Waals surface area contributed by atoms with Crippen molar-refractivity contribution < 1.29 is 4.79 Å². The lowest BCUT2D eigenvalue weighted by Gasteiger charge is -2.34. The van der Waals surface area contributed by atoms with Crippen molar-refractivity contribution in [3.8, 4) is 0 Å². The van der Waals surface area contributed by atoms with E-state index in [-0.39, 0.29) is 18.3 Å². The van der Waals surface area contributed by atoms with Crippen LogP contribution in [0.4, 0.5) is 0 Å². The van der Waals surface area contributed by atoms with Gasteiger partial charge in [-0.2, -0.15) is 0 Å². The summed E-state index contributed by atoms with van der Waals surface area (Å²) in [6.07, 6.45) is 5.92. The Bertz CT molecular complexity index is 233. The molecule has 1 unspecified atom stereocenters. The molecule has 0 aromatic rings. The number of nitrogens with one attached hydrogen (secondary N) is 1. The quantitative estimate of drug-likeness (QED) is 0.761. The van der Waals surface area contributed by atoms with E-state index in [1.54, 1.807) is 0 Å². The Morgan fingerprint density at radius 2 is 2.06 bits per heavy atom. The summed E-state index contributed by atoms with van der Waals surface area (Å²) in [5, 5.41) is 3.02. The van der Waals surface area contributed by atoms with Gasteiger partial charge in [0.1, 0.15) is 0 Å². The highest BCUT2D eigenvalue weighted by Crippen LogP contribution is 2.19. The van der Waals surface area contributed by atoms with Gasteiger partial charge in [0, 0.05) is 18.6 Å². The van der Waals surface area contributed by atoms with Crippen molar-refractivity contribution in [3.63, 3.8) is 0 Å². The van der Waals surface area contributed by atoms with Gasteiger partial charge in [-0.25, -0.2) is 0 Å². The van der Waals surface area contributed by atoms with Crippen LogP contribution < -0.4 is 11.1 Å². The Hall–Kier alpha value is -0.320. The number of hydrogen-bond acceptors (Lipinski definition) is 3. The average molecular weight is 248 g/mol. The molecule has 1 atom stereocenters. The van der Waals surface area contributed by atoms with Crippen LogP contribution in [0, 0.1) is 0 Å². The number of nitrogens with two attached hydrogens (primary N) is 1. The molecule has 0 aromatic heterocycles. The number of piperidine rings is 1. The zero-order valence-corrected chi connectivity index (χ0v) is 10.5. The van der Waals surface area contributed by atoms with E-state index < -0.39 is 0 Å². The first-order chi connectivity index (χ1) is 7.29. The van der Waals surface area contributed by atoms with Crippen LogP contribution in [0.1, 0.15) is 32.1 Å². The molecule has 0 radical (unpaired) electrons. The van der Waals surface area contributed by atoms with Gasteiger partial charge in [0.2, 0.25) is 5.91 Å². The van der Waals surface area contributed by atoms with Gasteiger partial charge in [0.05, 0.1) is 6.54 Å². The van der Waals surface area contributed by atoms with E-state index >= 15 is 0 Å². The zero-order chi connectivity index (χ0) is 10.7. The largest absolute Gasteiger partial charge is 0.352 e. The molecular weight excluding hydrogens is 226 g/mol. The topological polar surface area (TPSA) is 58.4 Å². The highest BCUT2D eigenvalue weighted by Gasteiger charge is 2.26. The summed E-state index contributed by atoms with van der Waals surface area (Å²) >= 11 is 0. The predicted molar refractivity (Wildman–Crippen MR) is 66.7 cm³/mol. The van der Waals surface area contributed by atoms with Crippen LogP contribution in [0.15, 0.2) is 0 Å². The van der Waals surface area contributed by atoms with Crippen molar-refractivity contribution in [1.82, 2.24) is 10.2 Å². The molecule has 4 nitrogen and oxygen atoms in total. The first kappa shape index (κ1) is 13.7. The summed E-state index contributed by atoms with van der Waals surface area (Å²) < 4.78 is 0. The molecule has 1 saturated heterocycles. The smallest absolute Gasteiger partial charge is 0.234 e. The number of rotatable bonds is 4. The number of halogens is 1. The minimum absolute atomic E-state index is 0. The van der Waals surface area contributed by atoms with Crippen LogP contribution in [-0.2, 0) is 4.79 Å². The summed E-state index contributed by atoms with van der Waals surface area (Å²) in [6, 6.07) is 0.891. The van der Waals surface area contributed by atoms with Crippen molar-refractivity contribution in [2.24, 2.45) is 5.73 Å². The molecule has 1 aliphatic heterocycles. The molecule has 0 bridgehead atoms. The van der Waals surface area contributed by atoms with Crippen molar-refractivity contribution in [3.05, 3.63) is 0 Å². The van der Waals surface area contributed by atoms with Crippen molar-refractivity contribution in [2.75, 3.05) is 19.6 Å². The third-order valence-electron chi connectivity index (χ3n) is 3.31. The highest BCUT2D eigenvalue weighted by atomic mass is 35.5. The van der Waals surface area contributed by atoms with E-state index in [4.69, 9.17) is 5.73 Å². The monoisotopic (exact) mass is 247 g/mol. The van der Waals surface area contributed by atoms with E-state index in [1.165, 1.54) is 12.8 Å². The molecule has 3 N–H and O–H groups in total. The van der Waals surface area contributed by atoms with Crippen molar-refractivity contribution >= 4 is 18.3 Å². The number of nitrogens with zero attached hydrogens (tertiary/aromatic N) is 1. The molecule has 5 heteroatoms. The van der Waals surface area contributed by atoms with Gasteiger partial charge in [0.15, 0.2) is 0 Å². The Labute approximate surface area is 103 Å². The zero-order valence-electron chi connectivity index (χ0n) is 9.65. The molecule has 2 fully saturated rings. The molecule has 2 aliphatic rings. The Kier molecular flexibility index (Phi) is 5.52. The fourth-order valence-corrected chi connectivity index (χ4v) is 2.22. The van der Waals surface area contributed by atoms with Crippen molar-refractivity contribution in [2.45, 2.75) is 44.2 Å². The lowest BCUT2D eigenvalue weighted by atomic mass is 10.0. The number of hydrogen-bond donors (Lipinski definition) is 2. The second-order valence-corrected chi connectivity index (χ2v) is 4.70. The molecule has 94 valence electrons. The first-order valence-electron chi connectivity index (χ1n) is 6.03. The summed E-state index contributed by atoms with van der Waals surface area (Å²) in [5.74, 6) is 0.179. The second-order valence-electron chi connectivity index (χ2n) is 4.70. The van der Waals surface area contributed by atoms with E-state index in [1.807, 2.05) is 0 Å². The lowest BCUT2D eigenvalue weighted by molar-refractivity contribution is -0.123. The van der Waals surface area contributed by atoms with Crippen LogP contribution in [0.25, 0.3) is 0 Å². The Balaban J connectivity index is 0.00000128. The molecule has 16 heavy (non-hydrogen) atoms. The van der Waals surface area contributed by atoms with E-state index in [9.17, 15) is 4.79 Å². The average Bonchev–Trinajstić information content (AvgIpc) is 3.02. The van der Waals surface area contributed by atoms with E-state index in [2.05, 4.69) is 10.2 Å². The van der Waals surface area contributed by atoms with Gasteiger partial charge in [-0.15, -0.1) is 12.4 Å². The van der Waals surface area contributed by atoms with Gasteiger partial charge < -0.3 is 11.1 Å². The SMILES string of the molecule is Cl.NCC1CCCCN1CC(=O)NC1CC1. The maximum atomic E-state index is 11.6.